The lowest BCUT2D eigenvalue weighted by Gasteiger charge is -2.23. The molecule has 3 aromatic heterocycles. The lowest BCUT2D eigenvalue weighted by Crippen LogP contribution is -2.28. The summed E-state index contributed by atoms with van der Waals surface area (Å²) in [5.41, 5.74) is 3.11. The molecule has 1 aliphatic rings. The standard InChI is InChI=1S/C22H22N4O2/c1-24-8-4-10-25(12-11-24)16-6-7-20-17(13-16)19(27)14-21(28-20)18-15-26-9-3-2-5-22(26)23-18/h2-3,5-7,9,13-15H,4,8,10-12H2,1H3. The third-order valence-corrected chi connectivity index (χ3v) is 5.41. The number of nitrogens with zero attached hydrogens (tertiary/aromatic N) is 4. The minimum absolute atomic E-state index is 0.0397. The lowest BCUT2D eigenvalue weighted by molar-refractivity contribution is 0.360. The number of aromatic nitrogens is 2. The van der Waals surface area contributed by atoms with Crippen molar-refractivity contribution in [3.05, 3.63) is 65.1 Å². The smallest absolute Gasteiger partial charge is 0.193 e. The summed E-state index contributed by atoms with van der Waals surface area (Å²) in [5.74, 6) is 0.491. The van der Waals surface area contributed by atoms with Crippen LogP contribution < -0.4 is 10.3 Å². The van der Waals surface area contributed by atoms with Crippen LogP contribution in [-0.4, -0.2) is 47.5 Å². The number of hydrogen-bond donors (Lipinski definition) is 0. The van der Waals surface area contributed by atoms with E-state index >= 15 is 0 Å². The van der Waals surface area contributed by atoms with E-state index in [2.05, 4.69) is 21.8 Å². The molecule has 0 radical (unpaired) electrons. The van der Waals surface area contributed by atoms with Crippen molar-refractivity contribution in [1.82, 2.24) is 14.3 Å². The van der Waals surface area contributed by atoms with Gasteiger partial charge in [0.25, 0.3) is 0 Å². The fourth-order valence-corrected chi connectivity index (χ4v) is 3.83. The normalized spacial score (nSPS) is 16.0. The number of anilines is 1. The van der Waals surface area contributed by atoms with E-state index in [1.54, 1.807) is 6.07 Å². The van der Waals surface area contributed by atoms with E-state index in [4.69, 9.17) is 4.42 Å². The van der Waals surface area contributed by atoms with Gasteiger partial charge in [-0.1, -0.05) is 6.07 Å². The van der Waals surface area contributed by atoms with Crippen LogP contribution in [0, 0.1) is 0 Å². The van der Waals surface area contributed by atoms with Crippen LogP contribution in [0.4, 0.5) is 5.69 Å². The zero-order chi connectivity index (χ0) is 19.1. The second kappa shape index (κ2) is 6.80. The molecule has 6 nitrogen and oxygen atoms in total. The Kier molecular flexibility index (Phi) is 4.13. The summed E-state index contributed by atoms with van der Waals surface area (Å²) >= 11 is 0. The minimum atomic E-state index is -0.0397. The first-order valence-electron chi connectivity index (χ1n) is 9.63. The van der Waals surface area contributed by atoms with Crippen LogP contribution in [0.5, 0.6) is 0 Å². The minimum Gasteiger partial charge on any atom is -0.454 e. The molecule has 0 bridgehead atoms. The monoisotopic (exact) mass is 374 g/mol. The highest BCUT2D eigenvalue weighted by Crippen LogP contribution is 2.25. The lowest BCUT2D eigenvalue weighted by atomic mass is 10.1. The van der Waals surface area contributed by atoms with Crippen molar-refractivity contribution in [2.45, 2.75) is 6.42 Å². The number of fused-ring (bicyclic) bond motifs is 2. The van der Waals surface area contributed by atoms with Gasteiger partial charge in [0.2, 0.25) is 0 Å². The molecular formula is C22H22N4O2. The van der Waals surface area contributed by atoms with Gasteiger partial charge in [-0.2, -0.15) is 0 Å². The summed E-state index contributed by atoms with van der Waals surface area (Å²) in [4.78, 5) is 22.1. The number of hydrogen-bond acceptors (Lipinski definition) is 5. The van der Waals surface area contributed by atoms with Crippen LogP contribution in [0.3, 0.4) is 0 Å². The predicted molar refractivity (Wildman–Crippen MR) is 111 cm³/mol. The van der Waals surface area contributed by atoms with Crippen molar-refractivity contribution in [2.75, 3.05) is 38.1 Å². The Morgan fingerprint density at radius 2 is 1.96 bits per heavy atom. The molecular weight excluding hydrogens is 352 g/mol. The zero-order valence-corrected chi connectivity index (χ0v) is 15.8. The first kappa shape index (κ1) is 17.0. The van der Waals surface area contributed by atoms with Crippen molar-refractivity contribution in [1.29, 1.82) is 0 Å². The Morgan fingerprint density at radius 1 is 1.04 bits per heavy atom. The molecule has 0 amide bonds. The van der Waals surface area contributed by atoms with Crippen LogP contribution in [0.15, 0.2) is 64.1 Å². The van der Waals surface area contributed by atoms with Gasteiger partial charge in [-0.15, -0.1) is 0 Å². The highest BCUT2D eigenvalue weighted by molar-refractivity contribution is 5.82. The van der Waals surface area contributed by atoms with Crippen LogP contribution in [0.25, 0.3) is 28.1 Å². The maximum Gasteiger partial charge on any atom is 0.193 e. The number of imidazole rings is 1. The molecule has 0 spiro atoms. The fraction of sp³-hybridized carbons (Fsp3) is 0.273. The Bertz CT molecular complexity index is 1180. The largest absolute Gasteiger partial charge is 0.454 e. The Labute approximate surface area is 162 Å². The van der Waals surface area contributed by atoms with E-state index < -0.39 is 0 Å². The van der Waals surface area contributed by atoms with E-state index in [1.165, 1.54) is 0 Å². The maximum atomic E-state index is 12.8. The first-order chi connectivity index (χ1) is 13.7. The number of likely N-dealkylation sites (N-methyl/N-ethyl adjacent to an activating group) is 1. The summed E-state index contributed by atoms with van der Waals surface area (Å²) in [7, 11) is 2.15. The van der Waals surface area contributed by atoms with E-state index in [0.717, 1.165) is 43.9 Å². The molecule has 0 saturated carbocycles. The molecule has 0 unspecified atom stereocenters. The van der Waals surface area contributed by atoms with Gasteiger partial charge < -0.3 is 18.6 Å². The molecule has 5 rings (SSSR count). The van der Waals surface area contributed by atoms with Crippen LogP contribution >= 0.6 is 0 Å². The van der Waals surface area contributed by atoms with Gasteiger partial charge in [-0.05, 0) is 50.3 Å². The van der Waals surface area contributed by atoms with Gasteiger partial charge in [-0.3, -0.25) is 4.79 Å². The summed E-state index contributed by atoms with van der Waals surface area (Å²) in [6, 6.07) is 13.3. The quantitative estimate of drug-likeness (QED) is 0.539. The van der Waals surface area contributed by atoms with Crippen LogP contribution in [0.1, 0.15) is 6.42 Å². The highest BCUT2D eigenvalue weighted by Gasteiger charge is 2.15. The number of pyridine rings is 1. The predicted octanol–water partition coefficient (Wildman–Crippen LogP) is 3.25. The Morgan fingerprint density at radius 3 is 2.86 bits per heavy atom. The van der Waals surface area contributed by atoms with Crippen molar-refractivity contribution < 1.29 is 4.42 Å². The molecule has 1 fully saturated rings. The average molecular weight is 374 g/mol. The molecule has 6 heteroatoms. The molecule has 4 heterocycles. The third kappa shape index (κ3) is 3.05. The Hall–Kier alpha value is -3.12. The number of benzene rings is 1. The van der Waals surface area contributed by atoms with Crippen LogP contribution in [-0.2, 0) is 0 Å². The van der Waals surface area contributed by atoms with E-state index in [9.17, 15) is 4.79 Å². The molecule has 1 aliphatic heterocycles. The average Bonchev–Trinajstić information content (AvgIpc) is 3.03. The topological polar surface area (TPSA) is 54.0 Å². The maximum absolute atomic E-state index is 12.8. The SMILES string of the molecule is CN1CCCN(c2ccc3oc(-c4cn5ccccc5n4)cc(=O)c3c2)CC1. The first-order valence-corrected chi connectivity index (χ1v) is 9.63. The third-order valence-electron chi connectivity index (χ3n) is 5.41. The van der Waals surface area contributed by atoms with Gasteiger partial charge >= 0.3 is 0 Å². The molecule has 1 aromatic carbocycles. The van der Waals surface area contributed by atoms with Gasteiger partial charge in [0, 0.05) is 43.8 Å². The van der Waals surface area contributed by atoms with E-state index in [0.29, 0.717) is 22.4 Å². The van der Waals surface area contributed by atoms with Gasteiger partial charge in [-0.25, -0.2) is 4.98 Å². The van der Waals surface area contributed by atoms with E-state index in [1.807, 2.05) is 53.2 Å². The van der Waals surface area contributed by atoms with Gasteiger partial charge in [0.15, 0.2) is 11.2 Å². The molecule has 28 heavy (non-hydrogen) atoms. The summed E-state index contributed by atoms with van der Waals surface area (Å²) in [6.45, 7) is 4.10. The zero-order valence-electron chi connectivity index (χ0n) is 15.8. The molecule has 0 N–H and O–H groups in total. The summed E-state index contributed by atoms with van der Waals surface area (Å²) < 4.78 is 7.96. The summed E-state index contributed by atoms with van der Waals surface area (Å²) in [6.07, 6.45) is 4.92. The Balaban J connectivity index is 1.54. The molecule has 4 aromatic rings. The highest BCUT2D eigenvalue weighted by atomic mass is 16.3. The van der Waals surface area contributed by atoms with Gasteiger partial charge in [0.05, 0.1) is 5.39 Å². The molecule has 142 valence electrons. The molecule has 0 atom stereocenters. The molecule has 0 aliphatic carbocycles. The fourth-order valence-electron chi connectivity index (χ4n) is 3.83. The second-order valence-electron chi connectivity index (χ2n) is 7.39. The van der Waals surface area contributed by atoms with Crippen molar-refractivity contribution in [2.24, 2.45) is 0 Å². The van der Waals surface area contributed by atoms with Crippen molar-refractivity contribution >= 4 is 22.3 Å². The van der Waals surface area contributed by atoms with Crippen molar-refractivity contribution in [3.8, 4) is 11.5 Å². The van der Waals surface area contributed by atoms with E-state index in [-0.39, 0.29) is 5.43 Å². The number of rotatable bonds is 2. The molecule has 1 saturated heterocycles. The second-order valence-corrected chi connectivity index (χ2v) is 7.39. The van der Waals surface area contributed by atoms with Crippen LogP contribution in [0.2, 0.25) is 0 Å². The van der Waals surface area contributed by atoms with Crippen molar-refractivity contribution in [3.63, 3.8) is 0 Å². The van der Waals surface area contributed by atoms with Gasteiger partial charge in [0.1, 0.15) is 16.9 Å². The summed E-state index contributed by atoms with van der Waals surface area (Å²) in [5, 5.41) is 0.614.